The second-order valence-corrected chi connectivity index (χ2v) is 9.42. The van der Waals surface area contributed by atoms with Crippen molar-refractivity contribution in [2.24, 2.45) is 22.2 Å². The van der Waals surface area contributed by atoms with Gasteiger partial charge in [0.15, 0.2) is 0 Å². The second-order valence-electron chi connectivity index (χ2n) is 9.42. The number of ether oxygens (including phenoxy) is 1. The number of carbonyl (C=O) groups is 2. The highest BCUT2D eigenvalue weighted by Crippen LogP contribution is 2.71. The maximum atomic E-state index is 13.3. The van der Waals surface area contributed by atoms with Gasteiger partial charge in [0.1, 0.15) is 11.0 Å². The van der Waals surface area contributed by atoms with Gasteiger partial charge in [0.2, 0.25) is 5.78 Å². The molecule has 4 aliphatic rings. The molecule has 0 aromatic rings. The Morgan fingerprint density at radius 2 is 1.88 bits per heavy atom. The average molecular weight is 362 g/mol. The minimum absolute atomic E-state index is 0.124. The maximum Gasteiger partial charge on any atom is 0.318 e. The molecule has 6 nitrogen and oxygen atoms in total. The monoisotopic (exact) mass is 362 g/mol. The smallest absolute Gasteiger partial charge is 0.318 e. The number of allylic oxidation sites excluding steroid dienone is 2. The number of aliphatic hydroxyl groups excluding tert-OH is 1. The summed E-state index contributed by atoms with van der Waals surface area (Å²) in [6.07, 6.45) is 3.49. The van der Waals surface area contributed by atoms with Crippen LogP contribution in [0.2, 0.25) is 0 Å². The van der Waals surface area contributed by atoms with Gasteiger partial charge in [-0.25, -0.2) is 0 Å². The van der Waals surface area contributed by atoms with Crippen LogP contribution < -0.4 is 0 Å². The number of rotatable bonds is 1. The molecular formula is C20H26O6. The van der Waals surface area contributed by atoms with Gasteiger partial charge in [0.25, 0.3) is 5.79 Å². The predicted octanol–water partition coefficient (Wildman–Crippen LogP) is 1.24. The van der Waals surface area contributed by atoms with Gasteiger partial charge in [-0.2, -0.15) is 0 Å². The molecule has 3 fully saturated rings. The molecule has 0 aromatic carbocycles. The van der Waals surface area contributed by atoms with E-state index in [0.29, 0.717) is 12.8 Å². The Kier molecular flexibility index (Phi) is 3.21. The van der Waals surface area contributed by atoms with E-state index in [0.717, 1.165) is 0 Å². The van der Waals surface area contributed by atoms with E-state index in [9.17, 15) is 24.9 Å². The first-order chi connectivity index (χ1) is 11.9. The highest BCUT2D eigenvalue weighted by atomic mass is 16.7. The van der Waals surface area contributed by atoms with Crippen LogP contribution in [0.1, 0.15) is 46.5 Å². The fourth-order valence-electron chi connectivity index (χ4n) is 6.25. The number of ketones is 1. The zero-order chi connectivity index (χ0) is 19.3. The Morgan fingerprint density at radius 3 is 2.50 bits per heavy atom. The predicted molar refractivity (Wildman–Crippen MR) is 91.6 cm³/mol. The van der Waals surface area contributed by atoms with Crippen molar-refractivity contribution in [3.63, 3.8) is 0 Å². The van der Waals surface area contributed by atoms with Gasteiger partial charge in [-0.1, -0.05) is 39.3 Å². The van der Waals surface area contributed by atoms with E-state index in [1.807, 2.05) is 13.8 Å². The lowest BCUT2D eigenvalue weighted by molar-refractivity contribution is -0.247. The summed E-state index contributed by atoms with van der Waals surface area (Å²) in [7, 11) is 0. The number of esters is 1. The maximum absolute atomic E-state index is 13.3. The molecule has 0 spiro atoms. The standard InChI is InChI=1S/C20H26O6/c1-5-17(4)9-11-13(22)20(25)14-16(2,3)7-6-8-18(14,15(23)26-20)19(11,24)12(21)10-17/h5,9,12,14,21,24-25H,1,6-8,10H2,2-4H3/t12-,14+,17-,18+,19+,20+/m1/s1. The lowest BCUT2D eigenvalue weighted by Gasteiger charge is -2.60. The van der Waals surface area contributed by atoms with Crippen LogP contribution in [0.15, 0.2) is 24.3 Å². The Morgan fingerprint density at radius 1 is 1.23 bits per heavy atom. The highest BCUT2D eigenvalue weighted by molar-refractivity contribution is 6.10. The number of fused-ring (bicyclic) bond motifs is 1. The van der Waals surface area contributed by atoms with Crippen LogP contribution in [-0.4, -0.2) is 44.6 Å². The third-order valence-corrected chi connectivity index (χ3v) is 7.39. The minimum Gasteiger partial charge on any atom is -0.424 e. The Labute approximate surface area is 152 Å². The van der Waals surface area contributed by atoms with Crippen molar-refractivity contribution in [2.45, 2.75) is 63.9 Å². The fraction of sp³-hybridized carbons (Fsp3) is 0.700. The van der Waals surface area contributed by atoms with Crippen LogP contribution in [0, 0.1) is 22.2 Å². The molecule has 6 atom stereocenters. The van der Waals surface area contributed by atoms with Crippen molar-refractivity contribution >= 4 is 11.8 Å². The number of hydrogen-bond acceptors (Lipinski definition) is 6. The summed E-state index contributed by atoms with van der Waals surface area (Å²) in [5, 5.41) is 34.0. The summed E-state index contributed by atoms with van der Waals surface area (Å²) in [4.78, 5) is 26.3. The molecule has 0 unspecified atom stereocenters. The summed E-state index contributed by atoms with van der Waals surface area (Å²) in [6.45, 7) is 9.28. The van der Waals surface area contributed by atoms with Gasteiger partial charge < -0.3 is 20.1 Å². The molecule has 4 rings (SSSR count). The van der Waals surface area contributed by atoms with Crippen molar-refractivity contribution in [1.82, 2.24) is 0 Å². The molecule has 6 heteroatoms. The molecule has 0 aromatic heterocycles. The van der Waals surface area contributed by atoms with Crippen LogP contribution >= 0.6 is 0 Å². The second kappa shape index (κ2) is 4.66. The zero-order valence-corrected chi connectivity index (χ0v) is 15.4. The largest absolute Gasteiger partial charge is 0.424 e. The zero-order valence-electron chi connectivity index (χ0n) is 15.4. The van der Waals surface area contributed by atoms with E-state index < -0.39 is 51.4 Å². The average Bonchev–Trinajstić information content (AvgIpc) is 2.78. The van der Waals surface area contributed by atoms with Crippen LogP contribution in [0.25, 0.3) is 0 Å². The normalized spacial score (nSPS) is 51.8. The first-order valence-electron chi connectivity index (χ1n) is 9.17. The summed E-state index contributed by atoms with van der Waals surface area (Å²) in [5.41, 5.74) is -5.08. The van der Waals surface area contributed by atoms with Crippen molar-refractivity contribution < 1.29 is 29.6 Å². The third kappa shape index (κ3) is 1.65. The van der Waals surface area contributed by atoms with Crippen LogP contribution in [0.5, 0.6) is 0 Å². The number of Topliss-reactive ketones (excluding diaryl/α,β-unsaturated/α-hetero) is 1. The molecule has 3 N–H and O–H groups in total. The SMILES string of the molecule is C=C[C@]1(C)C=C2C(=O)[C@]3(O)OC(=O)[C@@]4(CCCC(C)(C)[C@H]34)[C@@]2(O)[C@H](O)C1. The molecule has 142 valence electrons. The lowest BCUT2D eigenvalue weighted by Crippen LogP contribution is -2.74. The van der Waals surface area contributed by atoms with Crippen molar-refractivity contribution in [2.75, 3.05) is 0 Å². The molecule has 2 saturated carbocycles. The molecule has 2 bridgehead atoms. The van der Waals surface area contributed by atoms with Gasteiger partial charge in [-0.05, 0) is 24.7 Å². The van der Waals surface area contributed by atoms with Crippen molar-refractivity contribution in [3.8, 4) is 0 Å². The first kappa shape index (κ1) is 17.9. The molecule has 0 amide bonds. The molecule has 1 aliphatic heterocycles. The minimum atomic E-state index is -2.31. The van der Waals surface area contributed by atoms with Crippen LogP contribution in [-0.2, 0) is 14.3 Å². The summed E-state index contributed by atoms with van der Waals surface area (Å²) < 4.78 is 5.30. The molecule has 3 aliphatic carbocycles. The number of carbonyl (C=O) groups excluding carboxylic acids is 2. The molecule has 0 radical (unpaired) electrons. The van der Waals surface area contributed by atoms with Gasteiger partial charge in [-0.3, -0.25) is 9.59 Å². The molecule has 1 saturated heterocycles. The van der Waals surface area contributed by atoms with E-state index >= 15 is 0 Å². The van der Waals surface area contributed by atoms with Gasteiger partial charge in [0, 0.05) is 11.0 Å². The Bertz CT molecular complexity index is 768. The van der Waals surface area contributed by atoms with E-state index in [1.54, 1.807) is 19.1 Å². The van der Waals surface area contributed by atoms with Gasteiger partial charge >= 0.3 is 5.97 Å². The van der Waals surface area contributed by atoms with E-state index in [1.165, 1.54) is 0 Å². The quantitative estimate of drug-likeness (QED) is 0.479. The van der Waals surface area contributed by atoms with E-state index in [2.05, 4.69) is 6.58 Å². The van der Waals surface area contributed by atoms with Crippen molar-refractivity contribution in [1.29, 1.82) is 0 Å². The summed E-state index contributed by atoms with van der Waals surface area (Å²) in [5.74, 6) is -4.84. The number of hydrogen-bond donors (Lipinski definition) is 3. The third-order valence-electron chi connectivity index (χ3n) is 7.39. The van der Waals surface area contributed by atoms with Crippen molar-refractivity contribution in [3.05, 3.63) is 24.3 Å². The molecule has 26 heavy (non-hydrogen) atoms. The Balaban J connectivity index is 2.07. The number of aliphatic hydroxyl groups is 3. The van der Waals surface area contributed by atoms with Crippen LogP contribution in [0.4, 0.5) is 0 Å². The van der Waals surface area contributed by atoms with E-state index in [-0.39, 0.29) is 18.4 Å². The lowest BCUT2D eigenvalue weighted by atomic mass is 9.42. The topological polar surface area (TPSA) is 104 Å². The fourth-order valence-corrected chi connectivity index (χ4v) is 6.25. The van der Waals surface area contributed by atoms with Crippen LogP contribution in [0.3, 0.4) is 0 Å². The first-order valence-corrected chi connectivity index (χ1v) is 9.17. The van der Waals surface area contributed by atoms with Gasteiger partial charge in [0.05, 0.1) is 12.0 Å². The highest BCUT2D eigenvalue weighted by Gasteiger charge is 2.85. The summed E-state index contributed by atoms with van der Waals surface area (Å²) >= 11 is 0. The van der Waals surface area contributed by atoms with E-state index in [4.69, 9.17) is 4.74 Å². The van der Waals surface area contributed by atoms with Gasteiger partial charge in [-0.15, -0.1) is 6.58 Å². The summed E-state index contributed by atoms with van der Waals surface area (Å²) in [6, 6.07) is 0. The Hall–Kier alpha value is -1.50. The molecular weight excluding hydrogens is 336 g/mol. The molecule has 1 heterocycles.